The largest absolute Gasteiger partial charge is 0.508 e. The Bertz CT molecular complexity index is 508. The van der Waals surface area contributed by atoms with Crippen molar-refractivity contribution in [3.05, 3.63) is 59.7 Å². The van der Waals surface area contributed by atoms with Gasteiger partial charge in [-0.1, -0.05) is 24.3 Å². The molecule has 0 aliphatic carbocycles. The number of phenols is 2. The van der Waals surface area contributed by atoms with Crippen LogP contribution in [0.1, 0.15) is 17.2 Å². The van der Waals surface area contributed by atoms with Crippen molar-refractivity contribution in [3.8, 4) is 11.5 Å². The van der Waals surface area contributed by atoms with E-state index in [9.17, 15) is 5.11 Å². The molecule has 19 heavy (non-hydrogen) atoms. The molecule has 0 heterocycles. The lowest BCUT2D eigenvalue weighted by Gasteiger charge is -2.12. The number of benzene rings is 2. The summed E-state index contributed by atoms with van der Waals surface area (Å²) in [6.07, 6.45) is -0.613. The number of aliphatic hydroxyl groups is 1. The predicted molar refractivity (Wildman–Crippen MR) is 72.9 cm³/mol. The molecule has 4 nitrogen and oxygen atoms in total. The molecule has 0 saturated carbocycles. The van der Waals surface area contributed by atoms with Crippen LogP contribution in [-0.4, -0.2) is 21.9 Å². The first kappa shape index (κ1) is 13.4. The molecule has 1 unspecified atom stereocenters. The Morgan fingerprint density at radius 2 is 1.37 bits per heavy atom. The average Bonchev–Trinajstić information content (AvgIpc) is 2.41. The third-order valence-corrected chi connectivity index (χ3v) is 2.88. The van der Waals surface area contributed by atoms with Crippen LogP contribution in [0.2, 0.25) is 0 Å². The average molecular weight is 259 g/mol. The molecule has 0 spiro atoms. The second-order valence-electron chi connectivity index (χ2n) is 4.40. The highest BCUT2D eigenvalue weighted by Gasteiger charge is 2.06. The van der Waals surface area contributed by atoms with Gasteiger partial charge in [-0.05, 0) is 35.4 Å². The molecule has 2 aromatic carbocycles. The van der Waals surface area contributed by atoms with Gasteiger partial charge >= 0.3 is 0 Å². The zero-order valence-corrected chi connectivity index (χ0v) is 10.5. The summed E-state index contributed by atoms with van der Waals surface area (Å²) in [6.45, 7) is 1.04. The SMILES string of the molecule is Oc1ccc(CNCC(O)c2ccc(O)cc2)cc1. The van der Waals surface area contributed by atoms with E-state index in [0.29, 0.717) is 13.1 Å². The molecule has 0 fully saturated rings. The van der Waals surface area contributed by atoms with Crippen LogP contribution in [0.3, 0.4) is 0 Å². The third-order valence-electron chi connectivity index (χ3n) is 2.88. The molecular weight excluding hydrogens is 242 g/mol. The van der Waals surface area contributed by atoms with E-state index in [1.807, 2.05) is 12.1 Å². The zero-order chi connectivity index (χ0) is 13.7. The van der Waals surface area contributed by atoms with Gasteiger partial charge in [-0.3, -0.25) is 0 Å². The van der Waals surface area contributed by atoms with Crippen LogP contribution in [0.25, 0.3) is 0 Å². The zero-order valence-electron chi connectivity index (χ0n) is 10.5. The van der Waals surface area contributed by atoms with Crippen molar-refractivity contribution >= 4 is 0 Å². The number of phenolic OH excluding ortho intramolecular Hbond substituents is 2. The Morgan fingerprint density at radius 1 is 0.842 bits per heavy atom. The molecule has 100 valence electrons. The van der Waals surface area contributed by atoms with E-state index in [4.69, 9.17) is 10.2 Å². The molecule has 4 heteroatoms. The number of aromatic hydroxyl groups is 2. The Balaban J connectivity index is 1.82. The van der Waals surface area contributed by atoms with Crippen LogP contribution < -0.4 is 5.32 Å². The minimum Gasteiger partial charge on any atom is -0.508 e. The van der Waals surface area contributed by atoms with Crippen LogP contribution in [-0.2, 0) is 6.54 Å². The highest BCUT2D eigenvalue weighted by atomic mass is 16.3. The second kappa shape index (κ2) is 6.22. The molecular formula is C15H17NO3. The molecule has 0 amide bonds. The first-order valence-electron chi connectivity index (χ1n) is 6.11. The van der Waals surface area contributed by atoms with E-state index < -0.39 is 6.10 Å². The summed E-state index contributed by atoms with van der Waals surface area (Å²) in [5, 5.41) is 31.4. The van der Waals surface area contributed by atoms with E-state index in [-0.39, 0.29) is 11.5 Å². The smallest absolute Gasteiger partial charge is 0.115 e. The maximum absolute atomic E-state index is 9.95. The van der Waals surface area contributed by atoms with Crippen molar-refractivity contribution in [2.75, 3.05) is 6.54 Å². The van der Waals surface area contributed by atoms with Crippen LogP contribution in [0.4, 0.5) is 0 Å². The molecule has 0 aliphatic rings. The van der Waals surface area contributed by atoms with E-state index in [0.717, 1.165) is 11.1 Å². The lowest BCUT2D eigenvalue weighted by molar-refractivity contribution is 0.174. The minimum absolute atomic E-state index is 0.188. The van der Waals surface area contributed by atoms with Crippen molar-refractivity contribution in [2.45, 2.75) is 12.6 Å². The monoisotopic (exact) mass is 259 g/mol. The van der Waals surface area contributed by atoms with Crippen molar-refractivity contribution in [1.29, 1.82) is 0 Å². The van der Waals surface area contributed by atoms with Crippen LogP contribution in [0.15, 0.2) is 48.5 Å². The van der Waals surface area contributed by atoms with Crippen LogP contribution in [0.5, 0.6) is 11.5 Å². The standard InChI is InChI=1S/C15H17NO3/c17-13-5-1-11(2-6-13)9-16-10-15(19)12-3-7-14(18)8-4-12/h1-8,15-19H,9-10H2. The quantitative estimate of drug-likeness (QED) is 0.662. The Hall–Kier alpha value is -2.04. The van der Waals surface area contributed by atoms with Crippen molar-refractivity contribution in [1.82, 2.24) is 5.32 Å². The number of nitrogens with one attached hydrogen (secondary N) is 1. The van der Waals surface area contributed by atoms with Crippen LogP contribution in [0, 0.1) is 0 Å². The highest BCUT2D eigenvalue weighted by molar-refractivity contribution is 5.28. The van der Waals surface area contributed by atoms with E-state index in [2.05, 4.69) is 5.32 Å². The second-order valence-corrected chi connectivity index (χ2v) is 4.40. The van der Waals surface area contributed by atoms with Crippen LogP contribution >= 0.6 is 0 Å². The van der Waals surface area contributed by atoms with Gasteiger partial charge in [-0.2, -0.15) is 0 Å². The summed E-state index contributed by atoms with van der Waals surface area (Å²) >= 11 is 0. The summed E-state index contributed by atoms with van der Waals surface area (Å²) in [7, 11) is 0. The molecule has 2 rings (SSSR count). The fourth-order valence-electron chi connectivity index (χ4n) is 1.78. The Kier molecular flexibility index (Phi) is 4.39. The van der Waals surface area contributed by atoms with Gasteiger partial charge in [0.2, 0.25) is 0 Å². The first-order valence-corrected chi connectivity index (χ1v) is 6.11. The predicted octanol–water partition coefficient (Wildman–Crippen LogP) is 1.92. The third kappa shape index (κ3) is 3.98. The molecule has 4 N–H and O–H groups in total. The number of hydrogen-bond donors (Lipinski definition) is 4. The highest BCUT2D eigenvalue weighted by Crippen LogP contribution is 2.16. The minimum atomic E-state index is -0.613. The van der Waals surface area contributed by atoms with Gasteiger partial charge < -0.3 is 20.6 Å². The molecule has 0 aromatic heterocycles. The van der Waals surface area contributed by atoms with Crippen molar-refractivity contribution in [3.63, 3.8) is 0 Å². The summed E-state index contributed by atoms with van der Waals surface area (Å²) in [4.78, 5) is 0. The van der Waals surface area contributed by atoms with Gasteiger partial charge in [-0.15, -0.1) is 0 Å². The van der Waals surface area contributed by atoms with E-state index in [1.165, 1.54) is 0 Å². The molecule has 0 radical (unpaired) electrons. The fourth-order valence-corrected chi connectivity index (χ4v) is 1.78. The van der Waals surface area contributed by atoms with Gasteiger partial charge in [0.15, 0.2) is 0 Å². The normalized spacial score (nSPS) is 12.3. The lowest BCUT2D eigenvalue weighted by Crippen LogP contribution is -2.20. The molecule has 0 saturated heterocycles. The van der Waals surface area contributed by atoms with Gasteiger partial charge in [0.1, 0.15) is 11.5 Å². The van der Waals surface area contributed by atoms with E-state index in [1.54, 1.807) is 36.4 Å². The van der Waals surface area contributed by atoms with Crippen molar-refractivity contribution < 1.29 is 15.3 Å². The first-order chi connectivity index (χ1) is 9.15. The topological polar surface area (TPSA) is 72.7 Å². The Labute approximate surface area is 112 Å². The van der Waals surface area contributed by atoms with Gasteiger partial charge in [0.05, 0.1) is 6.10 Å². The maximum atomic E-state index is 9.95. The number of aliphatic hydroxyl groups excluding tert-OH is 1. The van der Waals surface area contributed by atoms with Crippen molar-refractivity contribution in [2.24, 2.45) is 0 Å². The molecule has 0 aliphatic heterocycles. The maximum Gasteiger partial charge on any atom is 0.115 e. The fraction of sp³-hybridized carbons (Fsp3) is 0.200. The van der Waals surface area contributed by atoms with Gasteiger partial charge in [0, 0.05) is 13.1 Å². The lowest BCUT2D eigenvalue weighted by atomic mass is 10.1. The summed E-state index contributed by atoms with van der Waals surface area (Å²) in [5.41, 5.74) is 1.80. The van der Waals surface area contributed by atoms with Gasteiger partial charge in [0.25, 0.3) is 0 Å². The van der Waals surface area contributed by atoms with Gasteiger partial charge in [-0.25, -0.2) is 0 Å². The molecule has 1 atom stereocenters. The molecule has 0 bridgehead atoms. The molecule has 2 aromatic rings. The summed E-state index contributed by atoms with van der Waals surface area (Å²) in [5.74, 6) is 0.431. The summed E-state index contributed by atoms with van der Waals surface area (Å²) in [6, 6.07) is 13.4. The Morgan fingerprint density at radius 3 is 1.95 bits per heavy atom. The number of rotatable bonds is 5. The number of hydrogen-bond acceptors (Lipinski definition) is 4. The summed E-state index contributed by atoms with van der Waals surface area (Å²) < 4.78 is 0. The van der Waals surface area contributed by atoms with E-state index >= 15 is 0 Å².